The molecule has 3 rings (SSSR count). The van der Waals surface area contributed by atoms with Gasteiger partial charge in [0.2, 0.25) is 0 Å². The minimum absolute atomic E-state index is 0.00607. The number of aromatic nitrogens is 2. The molecule has 1 aliphatic rings. The first-order chi connectivity index (χ1) is 14.6. The number of hydrogen-bond acceptors (Lipinski definition) is 6. The molecule has 1 aliphatic carbocycles. The van der Waals surface area contributed by atoms with Crippen molar-refractivity contribution in [2.24, 2.45) is 0 Å². The summed E-state index contributed by atoms with van der Waals surface area (Å²) >= 11 is 0.879. The van der Waals surface area contributed by atoms with E-state index in [0.29, 0.717) is 19.3 Å². The molecule has 0 spiro atoms. The summed E-state index contributed by atoms with van der Waals surface area (Å²) in [5.41, 5.74) is -0.516. The fourth-order valence-corrected chi connectivity index (χ4v) is 4.22. The molecule has 2 aromatic heterocycles. The van der Waals surface area contributed by atoms with E-state index in [0.717, 1.165) is 23.6 Å². The van der Waals surface area contributed by atoms with Crippen molar-refractivity contribution in [2.75, 3.05) is 5.32 Å². The lowest BCUT2D eigenvalue weighted by molar-refractivity contribution is -0.142. The zero-order valence-electron chi connectivity index (χ0n) is 16.4. The Morgan fingerprint density at radius 2 is 2.03 bits per heavy atom. The number of hydrogen-bond donors (Lipinski definition) is 3. The number of anilines is 1. The smallest absolute Gasteiger partial charge is 0.393 e. The summed E-state index contributed by atoms with van der Waals surface area (Å²) < 4.78 is 66.1. The molecule has 0 aromatic carbocycles. The largest absolute Gasteiger partial charge is 0.408 e. The highest BCUT2D eigenvalue weighted by Gasteiger charge is 2.38. The van der Waals surface area contributed by atoms with Gasteiger partial charge in [-0.05, 0) is 31.7 Å². The van der Waals surface area contributed by atoms with Crippen LogP contribution in [0.3, 0.4) is 0 Å². The summed E-state index contributed by atoms with van der Waals surface area (Å²) in [4.78, 5) is 20.4. The van der Waals surface area contributed by atoms with E-state index < -0.39 is 36.2 Å². The summed E-state index contributed by atoms with van der Waals surface area (Å²) in [6, 6.07) is -1.21. The first kappa shape index (κ1) is 23.3. The Hall–Kier alpha value is -2.34. The van der Waals surface area contributed by atoms with Gasteiger partial charge in [-0.25, -0.2) is 18.7 Å². The maximum atomic E-state index is 13.6. The molecule has 3 N–H and O–H groups in total. The normalized spacial score (nSPS) is 20.1. The number of alkyl halides is 5. The van der Waals surface area contributed by atoms with Gasteiger partial charge in [0.15, 0.2) is 5.01 Å². The number of aliphatic hydroxyl groups is 1. The molecule has 0 radical (unpaired) electrons. The van der Waals surface area contributed by atoms with Crippen molar-refractivity contribution < 1.29 is 31.9 Å². The Morgan fingerprint density at radius 3 is 2.61 bits per heavy atom. The van der Waals surface area contributed by atoms with E-state index in [1.165, 1.54) is 13.1 Å². The Bertz CT molecular complexity index is 921. The van der Waals surface area contributed by atoms with Crippen LogP contribution in [0.2, 0.25) is 0 Å². The highest BCUT2D eigenvalue weighted by molar-refractivity contribution is 7.17. The van der Waals surface area contributed by atoms with Crippen molar-refractivity contribution in [1.29, 1.82) is 0 Å². The van der Waals surface area contributed by atoms with Crippen molar-refractivity contribution in [1.82, 2.24) is 15.3 Å². The van der Waals surface area contributed by atoms with Gasteiger partial charge in [0, 0.05) is 29.6 Å². The molecule has 2 aromatic rings. The third-order valence-corrected chi connectivity index (χ3v) is 6.03. The topological polar surface area (TPSA) is 87.1 Å². The van der Waals surface area contributed by atoms with Gasteiger partial charge in [0.25, 0.3) is 12.3 Å². The number of carbonyl (C=O) groups is 1. The van der Waals surface area contributed by atoms with Crippen LogP contribution < -0.4 is 10.6 Å². The molecule has 0 saturated heterocycles. The Kier molecular flexibility index (Phi) is 7.10. The molecule has 3 atom stereocenters. The predicted octanol–water partition coefficient (Wildman–Crippen LogP) is 4.54. The Balaban J connectivity index is 1.80. The van der Waals surface area contributed by atoms with Crippen LogP contribution in [0.15, 0.2) is 18.5 Å². The van der Waals surface area contributed by atoms with E-state index in [-0.39, 0.29) is 33.7 Å². The van der Waals surface area contributed by atoms with E-state index in [4.69, 9.17) is 0 Å². The molecule has 170 valence electrons. The number of halogens is 5. The second-order valence-corrected chi connectivity index (χ2v) is 8.30. The van der Waals surface area contributed by atoms with Crippen LogP contribution in [0, 0.1) is 0 Å². The molecule has 1 fully saturated rings. The van der Waals surface area contributed by atoms with Crippen LogP contribution in [0.25, 0.3) is 10.4 Å². The van der Waals surface area contributed by atoms with Crippen molar-refractivity contribution in [2.45, 2.75) is 63.4 Å². The number of amides is 1. The maximum Gasteiger partial charge on any atom is 0.408 e. The van der Waals surface area contributed by atoms with Gasteiger partial charge < -0.3 is 15.7 Å². The Labute approximate surface area is 178 Å². The number of rotatable bonds is 7. The second kappa shape index (κ2) is 9.43. The van der Waals surface area contributed by atoms with E-state index >= 15 is 0 Å². The Morgan fingerprint density at radius 1 is 1.29 bits per heavy atom. The summed E-state index contributed by atoms with van der Waals surface area (Å²) in [6.07, 6.45) is -4.30. The van der Waals surface area contributed by atoms with Gasteiger partial charge in [-0.3, -0.25) is 4.79 Å². The predicted molar refractivity (Wildman–Crippen MR) is 105 cm³/mol. The van der Waals surface area contributed by atoms with Gasteiger partial charge in [0.05, 0.1) is 11.0 Å². The van der Waals surface area contributed by atoms with Crippen LogP contribution in [0.1, 0.15) is 54.4 Å². The fraction of sp³-hybridized carbons (Fsp3) is 0.526. The molecule has 2 heterocycles. The molecule has 31 heavy (non-hydrogen) atoms. The van der Waals surface area contributed by atoms with E-state index in [9.17, 15) is 31.9 Å². The molecule has 0 unspecified atom stereocenters. The molecule has 1 amide bonds. The summed E-state index contributed by atoms with van der Waals surface area (Å²) in [7, 11) is 0. The highest BCUT2D eigenvalue weighted by atomic mass is 32.1. The monoisotopic (exact) mass is 464 g/mol. The summed E-state index contributed by atoms with van der Waals surface area (Å²) in [6.45, 7) is 1.32. The summed E-state index contributed by atoms with van der Waals surface area (Å²) in [5.74, 6) is -0.790. The number of nitrogens with one attached hydrogen (secondary N) is 2. The number of carbonyl (C=O) groups excluding carboxylic acids is 1. The lowest BCUT2D eigenvalue weighted by Gasteiger charge is -2.21. The van der Waals surface area contributed by atoms with Gasteiger partial charge in [-0.15, -0.1) is 11.3 Å². The highest BCUT2D eigenvalue weighted by Crippen LogP contribution is 2.36. The van der Waals surface area contributed by atoms with Crippen LogP contribution in [-0.2, 0) is 0 Å². The van der Waals surface area contributed by atoms with Gasteiger partial charge in [0.1, 0.15) is 11.9 Å². The molecule has 0 aliphatic heterocycles. The molecule has 0 bridgehead atoms. The van der Waals surface area contributed by atoms with Crippen molar-refractivity contribution in [3.63, 3.8) is 0 Å². The van der Waals surface area contributed by atoms with Crippen LogP contribution in [0.5, 0.6) is 0 Å². The molecule has 6 nitrogen and oxygen atoms in total. The summed E-state index contributed by atoms with van der Waals surface area (Å²) in [5, 5.41) is 14.5. The minimum Gasteiger partial charge on any atom is -0.393 e. The van der Waals surface area contributed by atoms with Gasteiger partial charge in [-0.1, -0.05) is 6.92 Å². The fourth-order valence-electron chi connectivity index (χ4n) is 3.37. The lowest BCUT2D eigenvalue weighted by atomic mass is 10.1. The van der Waals surface area contributed by atoms with E-state index in [1.54, 1.807) is 0 Å². The zero-order valence-corrected chi connectivity index (χ0v) is 17.2. The first-order valence-electron chi connectivity index (χ1n) is 9.65. The number of nitrogens with zero attached hydrogens (tertiary/aromatic N) is 2. The molecule has 1 saturated carbocycles. The number of pyridine rings is 1. The lowest BCUT2D eigenvalue weighted by Crippen LogP contribution is -2.35. The van der Waals surface area contributed by atoms with Crippen LogP contribution in [0.4, 0.5) is 27.8 Å². The van der Waals surface area contributed by atoms with Crippen LogP contribution in [-0.4, -0.2) is 45.3 Å². The third kappa shape index (κ3) is 5.67. The molecular formula is C19H21F5N4O2S. The second-order valence-electron chi connectivity index (χ2n) is 7.27. The first-order valence-corrected chi connectivity index (χ1v) is 10.5. The minimum atomic E-state index is -4.55. The third-order valence-electron chi connectivity index (χ3n) is 5.00. The average Bonchev–Trinajstić information content (AvgIpc) is 3.34. The van der Waals surface area contributed by atoms with Gasteiger partial charge >= 0.3 is 6.18 Å². The van der Waals surface area contributed by atoms with Crippen molar-refractivity contribution in [3.8, 4) is 10.4 Å². The SMILES string of the molecule is CC[C@H](Nc1cc(C(F)F)c(-c2cnc(C(=O)N[C@H]3CC[C@H](O)C3)s2)cn1)C(F)(F)F. The van der Waals surface area contributed by atoms with Crippen LogP contribution >= 0.6 is 11.3 Å². The van der Waals surface area contributed by atoms with Gasteiger partial charge in [-0.2, -0.15) is 13.2 Å². The number of thiazole rings is 1. The zero-order chi connectivity index (χ0) is 22.8. The van der Waals surface area contributed by atoms with E-state index in [1.807, 2.05) is 0 Å². The van der Waals surface area contributed by atoms with E-state index in [2.05, 4.69) is 20.6 Å². The quantitative estimate of drug-likeness (QED) is 0.524. The van der Waals surface area contributed by atoms with Crippen molar-refractivity contribution in [3.05, 3.63) is 29.0 Å². The maximum absolute atomic E-state index is 13.6. The number of aliphatic hydroxyl groups excluding tert-OH is 1. The standard InChI is InChI=1S/C19H21F5N4O2S/c1-2-14(19(22,23)24)28-15-6-11(16(20)21)12(7-25-15)13-8-26-18(31-13)17(30)27-9-3-4-10(29)5-9/h6-10,14,16,29H,2-5H2,1H3,(H,25,28)(H,27,30)/t9-,10-,14-/m0/s1. The molecular weight excluding hydrogens is 443 g/mol. The van der Waals surface area contributed by atoms with Crippen molar-refractivity contribution >= 4 is 23.1 Å². The molecule has 12 heteroatoms. The average molecular weight is 464 g/mol.